The van der Waals surface area contributed by atoms with E-state index in [1.165, 1.54) is 11.8 Å². The molecule has 0 aliphatic carbocycles. The van der Waals surface area contributed by atoms with E-state index in [4.69, 9.17) is 14.7 Å². The first-order valence-corrected chi connectivity index (χ1v) is 9.52. The molecule has 6 heteroatoms. The highest BCUT2D eigenvalue weighted by Crippen LogP contribution is 2.25. The van der Waals surface area contributed by atoms with Gasteiger partial charge in [-0.15, -0.1) is 11.8 Å². The smallest absolute Gasteiger partial charge is 0.319 e. The van der Waals surface area contributed by atoms with Crippen molar-refractivity contribution >= 4 is 17.7 Å². The van der Waals surface area contributed by atoms with E-state index < -0.39 is 0 Å². The van der Waals surface area contributed by atoms with Crippen LogP contribution in [0.2, 0.25) is 0 Å². The Hall–Kier alpha value is -3.30. The minimum Gasteiger partial charge on any atom is -0.460 e. The van der Waals surface area contributed by atoms with Gasteiger partial charge >= 0.3 is 5.97 Å². The number of pyridine rings is 1. The third-order valence-electron chi connectivity index (χ3n) is 3.80. The van der Waals surface area contributed by atoms with Gasteiger partial charge in [-0.05, 0) is 61.0 Å². The summed E-state index contributed by atoms with van der Waals surface area (Å²) in [6.45, 7) is 2.00. The van der Waals surface area contributed by atoms with Gasteiger partial charge in [-0.2, -0.15) is 5.26 Å². The van der Waals surface area contributed by atoms with Crippen LogP contribution in [0.3, 0.4) is 0 Å². The number of thioether (sulfide) groups is 1. The second kappa shape index (κ2) is 9.58. The van der Waals surface area contributed by atoms with Crippen LogP contribution >= 0.6 is 11.8 Å². The summed E-state index contributed by atoms with van der Waals surface area (Å²) < 4.78 is 11.1. The number of ether oxygens (including phenoxy) is 2. The summed E-state index contributed by atoms with van der Waals surface area (Å²) in [6, 6.07) is 20.2. The van der Waals surface area contributed by atoms with Crippen molar-refractivity contribution in [3.8, 4) is 17.6 Å². The molecule has 1 atom stereocenters. The van der Waals surface area contributed by atoms with Gasteiger partial charge in [0.15, 0.2) is 0 Å². The third kappa shape index (κ3) is 5.60. The molecule has 0 N–H and O–H groups in total. The first-order chi connectivity index (χ1) is 13.6. The fraction of sp³-hybridized carbons (Fsp3) is 0.136. The van der Waals surface area contributed by atoms with Crippen molar-refractivity contribution in [3.05, 3.63) is 84.2 Å². The van der Waals surface area contributed by atoms with Gasteiger partial charge < -0.3 is 9.47 Å². The molecular formula is C22H18N2O3S. The molecule has 1 heterocycles. The highest BCUT2D eigenvalue weighted by molar-refractivity contribution is 8.00. The fourth-order valence-corrected chi connectivity index (χ4v) is 3.20. The maximum Gasteiger partial charge on any atom is 0.319 e. The molecule has 3 aromatic rings. The summed E-state index contributed by atoms with van der Waals surface area (Å²) in [5.74, 6) is 1.06. The lowest BCUT2D eigenvalue weighted by Crippen LogP contribution is -2.16. The third-order valence-corrected chi connectivity index (χ3v) is 4.89. The van der Waals surface area contributed by atoms with Crippen molar-refractivity contribution in [1.29, 1.82) is 5.26 Å². The molecule has 1 unspecified atom stereocenters. The highest BCUT2D eigenvalue weighted by atomic mass is 32.2. The maximum absolute atomic E-state index is 12.2. The number of rotatable bonds is 7. The number of aromatic nitrogens is 1. The number of carbonyl (C=O) groups excluding carboxylic acids is 1. The SMILES string of the molecule is CC(Sc1ccc(C#N)cc1)C(=O)OCc1ccc(Oc2cccnc2)cc1. The number of nitrogens with zero attached hydrogens (tertiary/aromatic N) is 2. The second-order valence-corrected chi connectivity index (χ2v) is 7.35. The van der Waals surface area contributed by atoms with Crippen LogP contribution in [0.4, 0.5) is 0 Å². The molecular weight excluding hydrogens is 372 g/mol. The van der Waals surface area contributed by atoms with E-state index in [0.29, 0.717) is 17.1 Å². The van der Waals surface area contributed by atoms with Crippen molar-refractivity contribution in [2.45, 2.75) is 23.7 Å². The van der Waals surface area contributed by atoms with Crippen LogP contribution in [0.5, 0.6) is 11.5 Å². The number of hydrogen-bond donors (Lipinski definition) is 0. The summed E-state index contributed by atoms with van der Waals surface area (Å²) in [5, 5.41) is 8.48. The van der Waals surface area contributed by atoms with Gasteiger partial charge in [-0.25, -0.2) is 0 Å². The van der Waals surface area contributed by atoms with E-state index >= 15 is 0 Å². The molecule has 2 aromatic carbocycles. The molecule has 0 spiro atoms. The van der Waals surface area contributed by atoms with E-state index in [0.717, 1.165) is 10.5 Å². The quantitative estimate of drug-likeness (QED) is 0.419. The molecule has 5 nitrogen and oxygen atoms in total. The number of benzene rings is 2. The minimum atomic E-state index is -0.346. The summed E-state index contributed by atoms with van der Waals surface area (Å²) in [5.41, 5.74) is 1.47. The molecule has 1 aromatic heterocycles. The zero-order valence-electron chi connectivity index (χ0n) is 15.2. The average Bonchev–Trinajstić information content (AvgIpc) is 2.74. The Balaban J connectivity index is 1.48. The predicted octanol–water partition coefficient (Wildman–Crippen LogP) is 4.97. The maximum atomic E-state index is 12.2. The van der Waals surface area contributed by atoms with E-state index in [2.05, 4.69) is 11.1 Å². The van der Waals surface area contributed by atoms with E-state index in [-0.39, 0.29) is 17.8 Å². The van der Waals surface area contributed by atoms with Crippen molar-refractivity contribution in [1.82, 2.24) is 4.98 Å². The topological polar surface area (TPSA) is 72.2 Å². The highest BCUT2D eigenvalue weighted by Gasteiger charge is 2.16. The van der Waals surface area contributed by atoms with Crippen LogP contribution in [0.25, 0.3) is 0 Å². The molecule has 0 saturated carbocycles. The predicted molar refractivity (Wildman–Crippen MR) is 107 cm³/mol. The summed E-state index contributed by atoms with van der Waals surface area (Å²) in [6.07, 6.45) is 3.33. The van der Waals surface area contributed by atoms with E-state index in [1.807, 2.05) is 42.5 Å². The Labute approximate surface area is 167 Å². The molecule has 0 aliphatic rings. The van der Waals surface area contributed by atoms with Crippen molar-refractivity contribution in [2.75, 3.05) is 0 Å². The van der Waals surface area contributed by atoms with Crippen LogP contribution in [0.1, 0.15) is 18.1 Å². The van der Waals surface area contributed by atoms with Crippen LogP contribution in [0, 0.1) is 11.3 Å². The fourth-order valence-electron chi connectivity index (χ4n) is 2.33. The summed E-state index contributed by atoms with van der Waals surface area (Å²) in [4.78, 5) is 17.1. The Morgan fingerprint density at radius 2 is 1.86 bits per heavy atom. The summed E-state index contributed by atoms with van der Waals surface area (Å²) >= 11 is 1.40. The molecule has 140 valence electrons. The zero-order chi connectivity index (χ0) is 19.8. The van der Waals surface area contributed by atoms with E-state index in [1.54, 1.807) is 37.5 Å². The first-order valence-electron chi connectivity index (χ1n) is 8.64. The lowest BCUT2D eigenvalue weighted by Gasteiger charge is -2.12. The van der Waals surface area contributed by atoms with Gasteiger partial charge in [0.25, 0.3) is 0 Å². The van der Waals surface area contributed by atoms with Crippen molar-refractivity contribution in [3.63, 3.8) is 0 Å². The number of carbonyl (C=O) groups is 1. The second-order valence-electron chi connectivity index (χ2n) is 5.94. The standard InChI is InChI=1S/C22H18N2O3S/c1-16(28-21-10-6-17(13-23)7-11-21)22(25)26-15-18-4-8-19(9-5-18)27-20-3-2-12-24-14-20/h2-12,14,16H,15H2,1H3. The molecule has 0 aliphatic heterocycles. The van der Waals surface area contributed by atoms with Crippen LogP contribution in [-0.2, 0) is 16.1 Å². The van der Waals surface area contributed by atoms with Gasteiger partial charge in [-0.3, -0.25) is 9.78 Å². The normalized spacial score (nSPS) is 11.3. The molecule has 0 bridgehead atoms. The number of nitriles is 1. The van der Waals surface area contributed by atoms with Gasteiger partial charge in [0.2, 0.25) is 0 Å². The molecule has 0 saturated heterocycles. The number of hydrogen-bond acceptors (Lipinski definition) is 6. The summed E-state index contributed by atoms with van der Waals surface area (Å²) in [7, 11) is 0. The molecule has 0 amide bonds. The Morgan fingerprint density at radius 1 is 1.11 bits per heavy atom. The molecule has 28 heavy (non-hydrogen) atoms. The number of esters is 1. The van der Waals surface area contributed by atoms with Crippen molar-refractivity contribution in [2.24, 2.45) is 0 Å². The molecule has 3 rings (SSSR count). The van der Waals surface area contributed by atoms with Crippen LogP contribution in [0.15, 0.2) is 78.0 Å². The molecule has 0 fully saturated rings. The lowest BCUT2D eigenvalue weighted by atomic mass is 10.2. The van der Waals surface area contributed by atoms with Gasteiger partial charge in [0, 0.05) is 11.1 Å². The molecule has 0 radical (unpaired) electrons. The van der Waals surface area contributed by atoms with Gasteiger partial charge in [0.05, 0.1) is 17.8 Å². The van der Waals surface area contributed by atoms with Gasteiger partial charge in [0.1, 0.15) is 23.4 Å². The van der Waals surface area contributed by atoms with Crippen molar-refractivity contribution < 1.29 is 14.3 Å². The van der Waals surface area contributed by atoms with Crippen LogP contribution in [-0.4, -0.2) is 16.2 Å². The Bertz CT molecular complexity index is 952. The van der Waals surface area contributed by atoms with Crippen LogP contribution < -0.4 is 4.74 Å². The zero-order valence-corrected chi connectivity index (χ0v) is 16.1. The average molecular weight is 390 g/mol. The Morgan fingerprint density at radius 3 is 2.50 bits per heavy atom. The largest absolute Gasteiger partial charge is 0.460 e. The first kappa shape index (κ1) is 19.5. The lowest BCUT2D eigenvalue weighted by molar-refractivity contribution is -0.143. The van der Waals surface area contributed by atoms with E-state index in [9.17, 15) is 4.79 Å². The van der Waals surface area contributed by atoms with Gasteiger partial charge in [-0.1, -0.05) is 12.1 Å². The monoisotopic (exact) mass is 390 g/mol. The Kier molecular flexibility index (Phi) is 6.66. The minimum absolute atomic E-state index is 0.199.